The summed E-state index contributed by atoms with van der Waals surface area (Å²) < 4.78 is 0. The number of benzene rings is 1. The van der Waals surface area contributed by atoms with Gasteiger partial charge >= 0.3 is 0 Å². The molecule has 1 aromatic rings. The van der Waals surface area contributed by atoms with E-state index in [0.29, 0.717) is 0 Å². The van der Waals surface area contributed by atoms with E-state index in [2.05, 4.69) is 6.07 Å². The number of rotatable bonds is 1. The Morgan fingerprint density at radius 1 is 1.50 bits per heavy atom. The fourth-order valence-corrected chi connectivity index (χ4v) is 0.400. The molecule has 0 aliphatic rings. The van der Waals surface area contributed by atoms with Gasteiger partial charge in [0.25, 0.3) is 0 Å². The van der Waals surface area contributed by atoms with Gasteiger partial charge in [-0.25, -0.2) is 5.46 Å². The fraction of sp³-hybridized carbons (Fsp3) is 0.111. The predicted molar refractivity (Wildman–Crippen MR) is 46.7 cm³/mol. The Morgan fingerprint density at radius 2 is 1.92 bits per heavy atom. The summed E-state index contributed by atoms with van der Waals surface area (Å²) in [6.45, 7) is 1.69. The molecule has 1 rings (SSSR count). The zero-order chi connectivity index (χ0) is 8.53. The van der Waals surface area contributed by atoms with Gasteiger partial charge in [0, 0.05) is 32.7 Å². The molecular weight excluding hydrogens is 224 g/mol. The summed E-state index contributed by atoms with van der Waals surface area (Å²) in [5.41, 5.74) is 0.791. The first kappa shape index (κ1) is 14.5. The van der Waals surface area contributed by atoms with Crippen LogP contribution in [0.2, 0.25) is 0 Å². The Labute approximate surface area is 100 Å². The molecule has 0 aromatic heterocycles. The molecule has 0 heterocycles. The van der Waals surface area contributed by atoms with Crippen molar-refractivity contribution in [3.8, 4) is 0 Å². The van der Waals surface area contributed by atoms with E-state index >= 15 is 0 Å². The molecule has 0 spiro atoms. The van der Waals surface area contributed by atoms with E-state index in [-0.39, 0.29) is 32.7 Å². The minimum absolute atomic E-state index is 0. The Balaban J connectivity index is 0. The molecule has 0 saturated carbocycles. The van der Waals surface area contributed by atoms with Crippen LogP contribution in [0.15, 0.2) is 24.3 Å². The second kappa shape index (κ2) is 10.9. The van der Waals surface area contributed by atoms with Gasteiger partial charge in [-0.3, -0.25) is 0 Å². The van der Waals surface area contributed by atoms with Crippen molar-refractivity contribution in [2.24, 2.45) is 0 Å². The average Bonchev–Trinajstić information content (AvgIpc) is 2.07. The van der Waals surface area contributed by atoms with E-state index in [4.69, 9.17) is 12.6 Å². The molecule has 0 fully saturated rings. The van der Waals surface area contributed by atoms with Crippen LogP contribution in [0.25, 0.3) is 0 Å². The van der Waals surface area contributed by atoms with Gasteiger partial charge in [-0.05, 0) is 6.29 Å². The molecule has 0 aliphatic heterocycles. The zero-order valence-corrected chi connectivity index (χ0v) is 9.87. The number of carbonyl (C=O) groups is 1. The Hall–Kier alpha value is -0.0712. The SMILES string of the molecule is C[CH-]C=O.[B]c1cc[c-]cc1.[Y]. The molecule has 0 aliphatic carbocycles. The predicted octanol–water partition coefficient (Wildman–Crippen LogP) is 0.688. The number of aldehydes is 1. The monoisotopic (exact) mass is 233 g/mol. The second-order valence-corrected chi connectivity index (χ2v) is 1.80. The maximum absolute atomic E-state index is 9.12. The normalized spacial score (nSPS) is 6.75. The van der Waals surface area contributed by atoms with E-state index in [1.165, 1.54) is 6.42 Å². The van der Waals surface area contributed by atoms with Gasteiger partial charge in [0.1, 0.15) is 0 Å². The molecule has 59 valence electrons. The molecule has 0 N–H and O–H groups in total. The van der Waals surface area contributed by atoms with E-state index < -0.39 is 0 Å². The van der Waals surface area contributed by atoms with Gasteiger partial charge in [0.2, 0.25) is 0 Å². The van der Waals surface area contributed by atoms with Gasteiger partial charge < -0.3 is 11.2 Å². The standard InChI is InChI=1S/C6H4B.C3H5O.Y/c7-6-4-2-1-3-5-6;1-2-3-4;/h2-5H;2-3H,1H3;/q2*-1;. The third kappa shape index (κ3) is 9.93. The molecule has 0 amide bonds. The zero-order valence-electron chi connectivity index (χ0n) is 7.03. The summed E-state index contributed by atoms with van der Waals surface area (Å²) in [4.78, 5) is 9.12. The molecule has 3 heteroatoms. The van der Waals surface area contributed by atoms with Crippen LogP contribution in [0, 0.1) is 12.5 Å². The number of carbonyl (C=O) groups excluding carboxylic acids is 1. The maximum atomic E-state index is 9.12. The summed E-state index contributed by atoms with van der Waals surface area (Å²) in [5, 5.41) is 0. The van der Waals surface area contributed by atoms with Gasteiger partial charge in [-0.15, -0.1) is 0 Å². The molecule has 0 unspecified atom stereocenters. The van der Waals surface area contributed by atoms with Gasteiger partial charge in [0.15, 0.2) is 0 Å². The number of hydrogen-bond acceptors (Lipinski definition) is 1. The molecule has 0 saturated heterocycles. The largest absolute Gasteiger partial charge is 0.338 e. The van der Waals surface area contributed by atoms with Crippen LogP contribution >= 0.6 is 0 Å². The Kier molecular flexibility index (Phi) is 13.2. The minimum atomic E-state index is 0. The van der Waals surface area contributed by atoms with Crippen molar-refractivity contribution in [3.05, 3.63) is 36.8 Å². The van der Waals surface area contributed by atoms with Crippen molar-refractivity contribution in [2.75, 3.05) is 0 Å². The fourth-order valence-electron chi connectivity index (χ4n) is 0.400. The quantitative estimate of drug-likeness (QED) is 0.396. The van der Waals surface area contributed by atoms with Crippen molar-refractivity contribution < 1.29 is 37.5 Å². The second-order valence-electron chi connectivity index (χ2n) is 1.80. The first-order chi connectivity index (χ1) is 5.31. The van der Waals surface area contributed by atoms with E-state index in [9.17, 15) is 0 Å². The molecule has 1 nitrogen and oxygen atoms in total. The molecule has 0 bridgehead atoms. The first-order valence-corrected chi connectivity index (χ1v) is 3.26. The smallest absolute Gasteiger partial charge is 0.0777 e. The van der Waals surface area contributed by atoms with Crippen LogP contribution in [0.5, 0.6) is 0 Å². The summed E-state index contributed by atoms with van der Waals surface area (Å²) in [6, 6.07) is 10.0. The van der Waals surface area contributed by atoms with E-state index in [0.717, 1.165) is 11.7 Å². The van der Waals surface area contributed by atoms with E-state index in [1.54, 1.807) is 31.2 Å². The van der Waals surface area contributed by atoms with Crippen LogP contribution < -0.4 is 5.46 Å². The molecule has 12 heavy (non-hydrogen) atoms. The third-order valence-corrected chi connectivity index (χ3v) is 0.880. The Morgan fingerprint density at radius 3 is 2.08 bits per heavy atom. The summed E-state index contributed by atoms with van der Waals surface area (Å²) >= 11 is 0. The maximum Gasteiger partial charge on any atom is 0.0777 e. The van der Waals surface area contributed by atoms with Crippen LogP contribution in [0.3, 0.4) is 0 Å². The van der Waals surface area contributed by atoms with Gasteiger partial charge in [-0.2, -0.15) is 37.3 Å². The van der Waals surface area contributed by atoms with E-state index in [1.807, 2.05) is 0 Å². The summed E-state index contributed by atoms with van der Waals surface area (Å²) in [5.74, 6) is 0. The average molecular weight is 233 g/mol. The van der Waals surface area contributed by atoms with Crippen molar-refractivity contribution in [1.82, 2.24) is 0 Å². The van der Waals surface area contributed by atoms with Gasteiger partial charge in [0.05, 0.1) is 7.85 Å². The van der Waals surface area contributed by atoms with Crippen LogP contribution in [-0.4, -0.2) is 14.1 Å². The summed E-state index contributed by atoms with van der Waals surface area (Å²) in [7, 11) is 5.34. The van der Waals surface area contributed by atoms with Gasteiger partial charge in [-0.1, -0.05) is 0 Å². The van der Waals surface area contributed by atoms with Crippen LogP contribution in [0.4, 0.5) is 0 Å². The van der Waals surface area contributed by atoms with Crippen molar-refractivity contribution >= 4 is 19.6 Å². The van der Waals surface area contributed by atoms with Crippen molar-refractivity contribution in [3.63, 3.8) is 0 Å². The van der Waals surface area contributed by atoms with Crippen molar-refractivity contribution in [1.29, 1.82) is 0 Å². The van der Waals surface area contributed by atoms with Crippen LogP contribution in [0.1, 0.15) is 6.92 Å². The van der Waals surface area contributed by atoms with Crippen molar-refractivity contribution in [2.45, 2.75) is 6.92 Å². The number of hydrogen-bond donors (Lipinski definition) is 0. The Bertz CT molecular complexity index is 189. The minimum Gasteiger partial charge on any atom is -0.338 e. The first-order valence-electron chi connectivity index (χ1n) is 3.26. The topological polar surface area (TPSA) is 17.1 Å². The molecule has 0 atom stereocenters. The third-order valence-electron chi connectivity index (χ3n) is 0.880. The molecule has 1 aromatic carbocycles. The van der Waals surface area contributed by atoms with Crippen LogP contribution in [-0.2, 0) is 37.5 Å². The molecular formula is C9H9BOY-2. The summed E-state index contributed by atoms with van der Waals surface area (Å²) in [6.07, 6.45) is 2.19. The molecule has 3 radical (unpaired) electrons.